The van der Waals surface area contributed by atoms with E-state index in [1.54, 1.807) is 6.07 Å². The lowest BCUT2D eigenvalue weighted by Gasteiger charge is -2.31. The molecule has 0 saturated carbocycles. The van der Waals surface area contributed by atoms with E-state index in [0.717, 1.165) is 6.07 Å². The van der Waals surface area contributed by atoms with Crippen molar-refractivity contribution in [1.29, 1.82) is 0 Å². The number of nitrogens with one attached hydrogen (secondary N) is 1. The fraction of sp³-hybridized carbons (Fsp3) is 0.538. The predicted molar refractivity (Wildman–Crippen MR) is 63.3 cm³/mol. The first kappa shape index (κ1) is 13.4. The number of benzene rings is 1. The molecule has 1 saturated heterocycles. The Morgan fingerprint density at radius 3 is 2.78 bits per heavy atom. The summed E-state index contributed by atoms with van der Waals surface area (Å²) < 4.78 is 37.2. The normalized spacial score (nSPS) is 21.8. The third-order valence-corrected chi connectivity index (χ3v) is 2.94. The van der Waals surface area contributed by atoms with E-state index in [2.05, 4.69) is 5.32 Å². The van der Waals surface area contributed by atoms with Crippen LogP contribution in [0, 0.1) is 11.6 Å². The van der Waals surface area contributed by atoms with Crippen molar-refractivity contribution in [1.82, 2.24) is 5.32 Å². The highest BCUT2D eigenvalue weighted by Crippen LogP contribution is 2.23. The van der Waals surface area contributed by atoms with Crippen LogP contribution in [0.4, 0.5) is 8.78 Å². The van der Waals surface area contributed by atoms with Crippen molar-refractivity contribution in [2.45, 2.75) is 19.1 Å². The molecule has 2 unspecified atom stereocenters. The molecule has 0 amide bonds. The first-order valence-corrected chi connectivity index (χ1v) is 6.10. The predicted octanol–water partition coefficient (Wildman–Crippen LogP) is 2.03. The number of hydrogen-bond acceptors (Lipinski definition) is 3. The molecule has 1 aliphatic rings. The third kappa shape index (κ3) is 3.04. The lowest BCUT2D eigenvalue weighted by Crippen LogP contribution is -2.40. The lowest BCUT2D eigenvalue weighted by molar-refractivity contribution is -0.102. The first-order valence-electron chi connectivity index (χ1n) is 6.10. The van der Waals surface area contributed by atoms with Gasteiger partial charge in [0.1, 0.15) is 6.10 Å². The zero-order chi connectivity index (χ0) is 13.0. The molecule has 2 atom stereocenters. The van der Waals surface area contributed by atoms with Crippen molar-refractivity contribution in [2.24, 2.45) is 0 Å². The van der Waals surface area contributed by atoms with Gasteiger partial charge in [0.2, 0.25) is 0 Å². The van der Waals surface area contributed by atoms with E-state index in [0.29, 0.717) is 31.9 Å². The minimum absolute atomic E-state index is 0.177. The first-order chi connectivity index (χ1) is 8.72. The van der Waals surface area contributed by atoms with E-state index in [4.69, 9.17) is 9.47 Å². The van der Waals surface area contributed by atoms with Gasteiger partial charge < -0.3 is 14.8 Å². The van der Waals surface area contributed by atoms with Crippen molar-refractivity contribution in [3.63, 3.8) is 0 Å². The fourth-order valence-corrected chi connectivity index (χ4v) is 2.09. The number of halogens is 2. The van der Waals surface area contributed by atoms with Gasteiger partial charge in [0.25, 0.3) is 0 Å². The number of rotatable bonds is 4. The highest BCUT2D eigenvalue weighted by Gasteiger charge is 2.26. The maximum atomic E-state index is 13.3. The molecule has 5 heteroatoms. The second-order valence-electron chi connectivity index (χ2n) is 4.19. The van der Waals surface area contributed by atoms with Gasteiger partial charge in [-0.2, -0.15) is 0 Å². The molecule has 2 rings (SSSR count). The molecule has 1 aromatic rings. The van der Waals surface area contributed by atoms with Crippen LogP contribution in [-0.2, 0) is 9.47 Å². The van der Waals surface area contributed by atoms with E-state index in [9.17, 15) is 8.78 Å². The number of hydrogen-bond donors (Lipinski definition) is 1. The Kier molecular flexibility index (Phi) is 4.63. The van der Waals surface area contributed by atoms with Gasteiger partial charge in [-0.05, 0) is 24.2 Å². The maximum Gasteiger partial charge on any atom is 0.159 e. The van der Waals surface area contributed by atoms with Gasteiger partial charge in [0.05, 0.1) is 25.9 Å². The fourth-order valence-electron chi connectivity index (χ4n) is 2.09. The molecule has 18 heavy (non-hydrogen) atoms. The van der Waals surface area contributed by atoms with Crippen LogP contribution in [0.2, 0.25) is 0 Å². The molecule has 0 aromatic heterocycles. The Morgan fingerprint density at radius 1 is 1.33 bits per heavy atom. The summed E-state index contributed by atoms with van der Waals surface area (Å²) in [6, 6.07) is 3.73. The second kappa shape index (κ2) is 6.22. The molecule has 0 spiro atoms. The van der Waals surface area contributed by atoms with Crippen molar-refractivity contribution in [3.8, 4) is 0 Å². The van der Waals surface area contributed by atoms with Gasteiger partial charge in [0, 0.05) is 0 Å². The molecule has 1 fully saturated rings. The van der Waals surface area contributed by atoms with Gasteiger partial charge in [-0.25, -0.2) is 8.78 Å². The van der Waals surface area contributed by atoms with Gasteiger partial charge in [-0.1, -0.05) is 13.0 Å². The largest absolute Gasteiger partial charge is 0.376 e. The lowest BCUT2D eigenvalue weighted by atomic mass is 10.0. The summed E-state index contributed by atoms with van der Waals surface area (Å²) in [4.78, 5) is 0. The van der Waals surface area contributed by atoms with Crippen LogP contribution in [0.5, 0.6) is 0 Å². The van der Waals surface area contributed by atoms with E-state index in [1.165, 1.54) is 6.07 Å². The highest BCUT2D eigenvalue weighted by atomic mass is 19.2. The van der Waals surface area contributed by atoms with Crippen LogP contribution in [0.15, 0.2) is 18.2 Å². The van der Waals surface area contributed by atoms with Crippen molar-refractivity contribution < 1.29 is 18.3 Å². The Bertz CT molecular complexity index is 395. The van der Waals surface area contributed by atoms with Crippen LogP contribution in [0.3, 0.4) is 0 Å². The van der Waals surface area contributed by atoms with Gasteiger partial charge >= 0.3 is 0 Å². The van der Waals surface area contributed by atoms with Crippen LogP contribution in [0.1, 0.15) is 18.5 Å². The monoisotopic (exact) mass is 257 g/mol. The van der Waals surface area contributed by atoms with E-state index >= 15 is 0 Å². The van der Waals surface area contributed by atoms with Crippen molar-refractivity contribution >= 4 is 0 Å². The highest BCUT2D eigenvalue weighted by molar-refractivity contribution is 5.22. The zero-order valence-corrected chi connectivity index (χ0v) is 10.3. The van der Waals surface area contributed by atoms with E-state index in [1.807, 2.05) is 6.92 Å². The Hall–Kier alpha value is -1.04. The molecular weight excluding hydrogens is 240 g/mol. The summed E-state index contributed by atoms with van der Waals surface area (Å²) in [5.41, 5.74) is 0.672. The quantitative estimate of drug-likeness (QED) is 0.895. The van der Waals surface area contributed by atoms with Crippen LogP contribution in [0.25, 0.3) is 0 Å². The molecule has 1 aliphatic heterocycles. The maximum absolute atomic E-state index is 13.3. The SMILES string of the molecule is CCNC(c1ccc(F)c(F)c1)C1COCCO1. The second-order valence-corrected chi connectivity index (χ2v) is 4.19. The van der Waals surface area contributed by atoms with Gasteiger partial charge in [-0.3, -0.25) is 0 Å². The smallest absolute Gasteiger partial charge is 0.159 e. The number of likely N-dealkylation sites (N-methyl/N-ethyl adjacent to an activating group) is 1. The molecule has 0 radical (unpaired) electrons. The molecule has 3 nitrogen and oxygen atoms in total. The molecule has 0 aliphatic carbocycles. The summed E-state index contributed by atoms with van der Waals surface area (Å²) in [5, 5.41) is 3.22. The Labute approximate surface area is 105 Å². The van der Waals surface area contributed by atoms with Crippen LogP contribution < -0.4 is 5.32 Å². The van der Waals surface area contributed by atoms with E-state index in [-0.39, 0.29) is 12.1 Å². The molecule has 100 valence electrons. The molecule has 1 aromatic carbocycles. The topological polar surface area (TPSA) is 30.5 Å². The van der Waals surface area contributed by atoms with Crippen molar-refractivity contribution in [3.05, 3.63) is 35.4 Å². The van der Waals surface area contributed by atoms with Gasteiger partial charge in [-0.15, -0.1) is 0 Å². The Morgan fingerprint density at radius 2 is 2.17 bits per heavy atom. The minimum Gasteiger partial charge on any atom is -0.376 e. The Balaban J connectivity index is 2.19. The van der Waals surface area contributed by atoms with E-state index < -0.39 is 11.6 Å². The van der Waals surface area contributed by atoms with Crippen LogP contribution in [-0.4, -0.2) is 32.5 Å². The van der Waals surface area contributed by atoms with Crippen LogP contribution >= 0.6 is 0 Å². The summed E-state index contributed by atoms with van der Waals surface area (Å²) in [6.45, 7) is 4.22. The minimum atomic E-state index is -0.841. The third-order valence-electron chi connectivity index (χ3n) is 2.94. The standard InChI is InChI=1S/C13H17F2NO2/c1-2-16-13(12-8-17-5-6-18-12)9-3-4-10(14)11(15)7-9/h3-4,7,12-13,16H,2,5-6,8H2,1H3. The number of ether oxygens (including phenoxy) is 2. The average molecular weight is 257 g/mol. The zero-order valence-electron chi connectivity index (χ0n) is 10.3. The molecular formula is C13H17F2NO2. The van der Waals surface area contributed by atoms with Crippen molar-refractivity contribution in [2.75, 3.05) is 26.4 Å². The summed E-state index contributed by atoms with van der Waals surface area (Å²) >= 11 is 0. The summed E-state index contributed by atoms with van der Waals surface area (Å²) in [5.74, 6) is -1.68. The molecule has 0 bridgehead atoms. The van der Waals surface area contributed by atoms with Gasteiger partial charge in [0.15, 0.2) is 11.6 Å². The summed E-state index contributed by atoms with van der Waals surface area (Å²) in [7, 11) is 0. The average Bonchev–Trinajstić information content (AvgIpc) is 2.40. The molecule has 1 N–H and O–H groups in total. The molecule has 1 heterocycles. The summed E-state index contributed by atoms with van der Waals surface area (Å²) in [6.07, 6.45) is -0.177.